The minimum atomic E-state index is -3.55. The summed E-state index contributed by atoms with van der Waals surface area (Å²) in [5.41, 5.74) is 0. The Morgan fingerprint density at radius 2 is 1.95 bits per heavy atom. The molecule has 1 aliphatic heterocycles. The largest absolute Gasteiger partial charge is 0.301 e. The molecule has 1 unspecified atom stereocenters. The van der Waals surface area contributed by atoms with Crippen molar-refractivity contribution in [2.75, 3.05) is 19.6 Å². The summed E-state index contributed by atoms with van der Waals surface area (Å²) in [5.74, 6) is 0. The molecular weight excluding hydrogens is 331 g/mol. The highest BCUT2D eigenvalue weighted by molar-refractivity contribution is 7.89. The molecule has 0 radical (unpaired) electrons. The number of hydrogen-bond donors (Lipinski definition) is 1. The van der Waals surface area contributed by atoms with E-state index in [2.05, 4.69) is 16.5 Å². The normalized spacial score (nSPS) is 20.0. The van der Waals surface area contributed by atoms with Crippen LogP contribution in [-0.4, -0.2) is 39.0 Å². The molecular formula is C14H20Cl2N2O2S. The van der Waals surface area contributed by atoms with Gasteiger partial charge in [0.05, 0.1) is 4.90 Å². The van der Waals surface area contributed by atoms with E-state index in [1.54, 1.807) is 0 Å². The van der Waals surface area contributed by atoms with Crippen LogP contribution in [-0.2, 0) is 10.0 Å². The second-order valence-corrected chi connectivity index (χ2v) is 8.02. The molecule has 0 aromatic heterocycles. The summed E-state index contributed by atoms with van der Waals surface area (Å²) >= 11 is 11.7. The Morgan fingerprint density at radius 1 is 1.29 bits per heavy atom. The molecule has 1 saturated heterocycles. The maximum atomic E-state index is 12.2. The van der Waals surface area contributed by atoms with Gasteiger partial charge in [-0.25, -0.2) is 13.1 Å². The van der Waals surface area contributed by atoms with Crippen LogP contribution >= 0.6 is 23.2 Å². The van der Waals surface area contributed by atoms with E-state index >= 15 is 0 Å². The fourth-order valence-electron chi connectivity index (χ4n) is 2.58. The van der Waals surface area contributed by atoms with E-state index in [1.807, 2.05) is 0 Å². The van der Waals surface area contributed by atoms with Gasteiger partial charge in [0.25, 0.3) is 0 Å². The van der Waals surface area contributed by atoms with Gasteiger partial charge in [0, 0.05) is 22.6 Å². The van der Waals surface area contributed by atoms with E-state index in [-0.39, 0.29) is 4.90 Å². The van der Waals surface area contributed by atoms with E-state index in [9.17, 15) is 8.42 Å². The first-order chi connectivity index (χ1) is 9.88. The molecule has 1 atom stereocenters. The third-order valence-electron chi connectivity index (χ3n) is 3.75. The number of nitrogens with zero attached hydrogens (tertiary/aromatic N) is 1. The fraction of sp³-hybridized carbons (Fsp3) is 0.571. The van der Waals surface area contributed by atoms with Gasteiger partial charge in [-0.05, 0) is 57.5 Å². The summed E-state index contributed by atoms with van der Waals surface area (Å²) in [6.45, 7) is 4.65. The fourth-order valence-corrected chi connectivity index (χ4v) is 4.38. The number of rotatable bonds is 6. The summed E-state index contributed by atoms with van der Waals surface area (Å²) in [6, 6.07) is 4.92. The van der Waals surface area contributed by atoms with Gasteiger partial charge in [-0.1, -0.05) is 23.2 Å². The van der Waals surface area contributed by atoms with Crippen LogP contribution in [0.4, 0.5) is 0 Å². The lowest BCUT2D eigenvalue weighted by atomic mass is 10.2. The quantitative estimate of drug-likeness (QED) is 0.801. The highest BCUT2D eigenvalue weighted by Gasteiger charge is 2.20. The van der Waals surface area contributed by atoms with Crippen LogP contribution in [0.5, 0.6) is 0 Å². The van der Waals surface area contributed by atoms with Crippen LogP contribution in [0.25, 0.3) is 0 Å². The van der Waals surface area contributed by atoms with Crippen LogP contribution in [0.3, 0.4) is 0 Å². The molecule has 1 heterocycles. The third-order valence-corrected chi connectivity index (χ3v) is 5.63. The van der Waals surface area contributed by atoms with Crippen molar-refractivity contribution in [3.8, 4) is 0 Å². The molecule has 2 rings (SSSR count). The molecule has 1 aromatic rings. The SMILES string of the molecule is CC1CCCN1CCCNS(=O)(=O)c1cc(Cl)cc(Cl)c1. The van der Waals surface area contributed by atoms with Gasteiger partial charge in [0.2, 0.25) is 10.0 Å². The average Bonchev–Trinajstić information content (AvgIpc) is 2.79. The molecule has 21 heavy (non-hydrogen) atoms. The summed E-state index contributed by atoms with van der Waals surface area (Å²) in [7, 11) is -3.55. The summed E-state index contributed by atoms with van der Waals surface area (Å²) in [6.07, 6.45) is 3.25. The smallest absolute Gasteiger partial charge is 0.240 e. The van der Waals surface area contributed by atoms with Crippen molar-refractivity contribution < 1.29 is 8.42 Å². The van der Waals surface area contributed by atoms with Crippen LogP contribution in [0.2, 0.25) is 10.0 Å². The Morgan fingerprint density at radius 3 is 2.52 bits per heavy atom. The maximum absolute atomic E-state index is 12.2. The van der Waals surface area contributed by atoms with Crippen molar-refractivity contribution >= 4 is 33.2 Å². The minimum absolute atomic E-state index is 0.106. The zero-order chi connectivity index (χ0) is 15.5. The van der Waals surface area contributed by atoms with Gasteiger partial charge in [0.15, 0.2) is 0 Å². The van der Waals surface area contributed by atoms with Crippen molar-refractivity contribution in [2.24, 2.45) is 0 Å². The molecule has 4 nitrogen and oxygen atoms in total. The van der Waals surface area contributed by atoms with Gasteiger partial charge in [-0.3, -0.25) is 0 Å². The first-order valence-electron chi connectivity index (χ1n) is 7.08. The lowest BCUT2D eigenvalue weighted by Crippen LogP contribution is -2.31. The third kappa shape index (κ3) is 4.83. The monoisotopic (exact) mass is 350 g/mol. The summed E-state index contributed by atoms with van der Waals surface area (Å²) in [4.78, 5) is 2.50. The Kier molecular flexibility index (Phi) is 5.91. The number of benzene rings is 1. The highest BCUT2D eigenvalue weighted by Crippen LogP contribution is 2.22. The van der Waals surface area contributed by atoms with Gasteiger partial charge < -0.3 is 4.90 Å². The predicted molar refractivity (Wildman–Crippen MR) is 86.5 cm³/mol. The molecule has 0 bridgehead atoms. The Balaban J connectivity index is 1.86. The molecule has 0 saturated carbocycles. The minimum Gasteiger partial charge on any atom is -0.301 e. The average molecular weight is 351 g/mol. The molecule has 7 heteroatoms. The van der Waals surface area contributed by atoms with Crippen molar-refractivity contribution in [3.05, 3.63) is 28.2 Å². The lowest BCUT2D eigenvalue weighted by Gasteiger charge is -2.20. The van der Waals surface area contributed by atoms with Crippen LogP contribution < -0.4 is 4.72 Å². The second-order valence-electron chi connectivity index (χ2n) is 5.38. The number of hydrogen-bond acceptors (Lipinski definition) is 3. The Bertz CT molecular complexity index is 572. The first-order valence-corrected chi connectivity index (χ1v) is 9.32. The number of sulfonamides is 1. The molecule has 1 N–H and O–H groups in total. The van der Waals surface area contributed by atoms with Gasteiger partial charge in [0.1, 0.15) is 0 Å². The Labute approximate surface area is 136 Å². The molecule has 0 amide bonds. The summed E-state index contributed by atoms with van der Waals surface area (Å²) in [5, 5.41) is 0.627. The Hall–Kier alpha value is -0.330. The zero-order valence-electron chi connectivity index (χ0n) is 12.0. The molecule has 1 aromatic carbocycles. The van der Waals surface area contributed by atoms with Gasteiger partial charge in [-0.2, -0.15) is 0 Å². The molecule has 0 spiro atoms. The topological polar surface area (TPSA) is 49.4 Å². The van der Waals surface area contributed by atoms with Gasteiger partial charge in [-0.15, -0.1) is 0 Å². The van der Waals surface area contributed by atoms with E-state index in [0.29, 0.717) is 22.6 Å². The van der Waals surface area contributed by atoms with Crippen molar-refractivity contribution in [3.63, 3.8) is 0 Å². The van der Waals surface area contributed by atoms with Crippen molar-refractivity contribution in [1.29, 1.82) is 0 Å². The highest BCUT2D eigenvalue weighted by atomic mass is 35.5. The van der Waals surface area contributed by atoms with E-state index in [0.717, 1.165) is 19.5 Å². The molecule has 0 aliphatic carbocycles. The van der Waals surface area contributed by atoms with Crippen molar-refractivity contribution in [2.45, 2.75) is 37.1 Å². The van der Waals surface area contributed by atoms with E-state index < -0.39 is 10.0 Å². The maximum Gasteiger partial charge on any atom is 0.240 e. The number of nitrogens with one attached hydrogen (secondary N) is 1. The standard InChI is InChI=1S/C14H20Cl2N2O2S/c1-11-4-2-6-18(11)7-3-5-17-21(19,20)14-9-12(15)8-13(16)10-14/h8-11,17H,2-7H2,1H3. The predicted octanol–water partition coefficient (Wildman–Crippen LogP) is 3.15. The van der Waals surface area contributed by atoms with Gasteiger partial charge >= 0.3 is 0 Å². The van der Waals surface area contributed by atoms with Crippen LogP contribution in [0.15, 0.2) is 23.1 Å². The number of halogens is 2. The second kappa shape index (κ2) is 7.29. The van der Waals surface area contributed by atoms with Crippen molar-refractivity contribution in [1.82, 2.24) is 9.62 Å². The molecule has 118 valence electrons. The molecule has 1 fully saturated rings. The van der Waals surface area contributed by atoms with Crippen LogP contribution in [0.1, 0.15) is 26.2 Å². The summed E-state index contributed by atoms with van der Waals surface area (Å²) < 4.78 is 26.9. The number of likely N-dealkylation sites (tertiary alicyclic amines) is 1. The van der Waals surface area contributed by atoms with E-state index in [4.69, 9.17) is 23.2 Å². The van der Waals surface area contributed by atoms with Crippen LogP contribution in [0, 0.1) is 0 Å². The van der Waals surface area contributed by atoms with E-state index in [1.165, 1.54) is 31.0 Å². The zero-order valence-corrected chi connectivity index (χ0v) is 14.3. The lowest BCUT2D eigenvalue weighted by molar-refractivity contribution is 0.266. The molecule has 1 aliphatic rings. The first kappa shape index (κ1) is 17.0.